The smallest absolute Gasteiger partial charge is 0.339 e. The highest BCUT2D eigenvalue weighted by Crippen LogP contribution is 2.07. The second-order valence-electron chi connectivity index (χ2n) is 3.07. The van der Waals surface area contributed by atoms with Gasteiger partial charge in [-0.15, -0.1) is 0 Å². The number of aromatic nitrogens is 2. The first-order valence-corrected chi connectivity index (χ1v) is 4.38. The summed E-state index contributed by atoms with van der Waals surface area (Å²) in [6.45, 7) is 3.31. The fraction of sp³-hybridized carbons (Fsp3) is 0.250. The topological polar surface area (TPSA) is 128 Å². The average molecular weight is 224 g/mol. The van der Waals surface area contributed by atoms with Crippen LogP contribution in [-0.4, -0.2) is 27.6 Å². The highest BCUT2D eigenvalue weighted by atomic mass is 16.2. The molecule has 1 rings (SSSR count). The van der Waals surface area contributed by atoms with E-state index in [1.807, 2.05) is 0 Å². The number of carbonyl (C=O) groups is 2. The van der Waals surface area contributed by atoms with Crippen LogP contribution in [0, 0.1) is 6.92 Å². The summed E-state index contributed by atoms with van der Waals surface area (Å²) < 4.78 is 1.04. The van der Waals surface area contributed by atoms with Crippen LogP contribution in [0.4, 0.5) is 9.59 Å². The summed E-state index contributed by atoms with van der Waals surface area (Å²) in [6, 6.07) is -1.45. The Morgan fingerprint density at radius 3 is 2.56 bits per heavy atom. The Labute approximate surface area is 91.3 Å². The van der Waals surface area contributed by atoms with Crippen LogP contribution in [0.3, 0.4) is 0 Å². The molecule has 8 nitrogen and oxygen atoms in total. The second kappa shape index (κ2) is 4.43. The predicted octanol–water partition coefficient (Wildman–Crippen LogP) is -0.489. The Morgan fingerprint density at radius 1 is 1.50 bits per heavy atom. The van der Waals surface area contributed by atoms with Crippen molar-refractivity contribution in [3.8, 4) is 0 Å². The van der Waals surface area contributed by atoms with Crippen LogP contribution < -0.4 is 16.9 Å². The fourth-order valence-electron chi connectivity index (χ4n) is 1.19. The quantitative estimate of drug-likeness (QED) is 0.463. The van der Waals surface area contributed by atoms with E-state index in [-0.39, 0.29) is 0 Å². The van der Waals surface area contributed by atoms with Gasteiger partial charge in [-0.05, 0) is 13.8 Å². The largest absolute Gasteiger partial charge is 0.350 e. The van der Waals surface area contributed by atoms with Crippen molar-refractivity contribution < 1.29 is 9.59 Å². The van der Waals surface area contributed by atoms with E-state index in [0.717, 1.165) is 4.68 Å². The Balaban J connectivity index is 3.01. The van der Waals surface area contributed by atoms with E-state index in [9.17, 15) is 9.59 Å². The number of rotatable bonds is 2. The molecule has 3 amide bonds. The normalized spacial score (nSPS) is 11.2. The maximum Gasteiger partial charge on any atom is 0.339 e. The van der Waals surface area contributed by atoms with Crippen molar-refractivity contribution in [2.24, 2.45) is 16.6 Å². The Hall–Kier alpha value is -2.38. The maximum absolute atomic E-state index is 10.9. The van der Waals surface area contributed by atoms with Crippen LogP contribution >= 0.6 is 0 Å². The van der Waals surface area contributed by atoms with E-state index in [2.05, 4.69) is 15.6 Å². The van der Waals surface area contributed by atoms with Crippen molar-refractivity contribution in [3.05, 3.63) is 17.5 Å². The highest BCUT2D eigenvalue weighted by molar-refractivity contribution is 6.00. The summed E-state index contributed by atoms with van der Waals surface area (Å²) in [5.41, 5.74) is 13.6. The van der Waals surface area contributed by atoms with Crippen LogP contribution in [-0.2, 0) is 0 Å². The molecule has 16 heavy (non-hydrogen) atoms. The van der Waals surface area contributed by atoms with Gasteiger partial charge >= 0.3 is 12.1 Å². The molecule has 8 heteroatoms. The van der Waals surface area contributed by atoms with E-state index in [1.165, 1.54) is 6.20 Å². The number of amides is 3. The van der Waals surface area contributed by atoms with Gasteiger partial charge < -0.3 is 11.5 Å². The number of urea groups is 1. The molecule has 5 N–H and O–H groups in total. The molecule has 0 saturated carbocycles. The van der Waals surface area contributed by atoms with Crippen LogP contribution in [0.2, 0.25) is 0 Å². The minimum atomic E-state index is -0.765. The zero-order valence-electron chi connectivity index (χ0n) is 8.89. The van der Waals surface area contributed by atoms with Crippen molar-refractivity contribution in [1.82, 2.24) is 15.2 Å². The van der Waals surface area contributed by atoms with Gasteiger partial charge in [-0.25, -0.2) is 15.0 Å². The molecule has 0 saturated heterocycles. The number of nitrogens with zero attached hydrogens (tertiary/aromatic N) is 3. The number of hydrogen-bond donors (Lipinski definition) is 3. The number of hydrogen-bond acceptors (Lipinski definition) is 4. The van der Waals surface area contributed by atoms with Crippen molar-refractivity contribution in [2.45, 2.75) is 13.8 Å². The van der Waals surface area contributed by atoms with Crippen molar-refractivity contribution in [1.29, 1.82) is 0 Å². The Kier molecular flexibility index (Phi) is 3.24. The SMILES string of the molecule is C/C(=N\NC(N)=O)c1cnn(C(N)=O)c1C. The summed E-state index contributed by atoms with van der Waals surface area (Å²) >= 11 is 0. The highest BCUT2D eigenvalue weighted by Gasteiger charge is 2.12. The average Bonchev–Trinajstić information content (AvgIpc) is 2.56. The molecule has 0 unspecified atom stereocenters. The Morgan fingerprint density at radius 2 is 2.12 bits per heavy atom. The van der Waals surface area contributed by atoms with Gasteiger partial charge in [-0.2, -0.15) is 14.9 Å². The molecular formula is C8H12N6O2. The molecule has 0 atom stereocenters. The Bertz CT molecular complexity index is 461. The lowest BCUT2D eigenvalue weighted by Crippen LogP contribution is -2.25. The predicted molar refractivity (Wildman–Crippen MR) is 56.9 cm³/mol. The lowest BCUT2D eigenvalue weighted by molar-refractivity contribution is 0.247. The van der Waals surface area contributed by atoms with Crippen LogP contribution in [0.25, 0.3) is 0 Å². The first-order chi connectivity index (χ1) is 7.43. The van der Waals surface area contributed by atoms with Crippen molar-refractivity contribution in [3.63, 3.8) is 0 Å². The fourth-order valence-corrected chi connectivity index (χ4v) is 1.19. The van der Waals surface area contributed by atoms with Crippen LogP contribution in [0.1, 0.15) is 18.2 Å². The number of nitrogens with two attached hydrogens (primary N) is 2. The van der Waals surface area contributed by atoms with Gasteiger partial charge in [0, 0.05) is 5.56 Å². The van der Waals surface area contributed by atoms with Crippen LogP contribution in [0.5, 0.6) is 0 Å². The number of nitrogens with one attached hydrogen (secondary N) is 1. The number of primary amides is 2. The summed E-state index contributed by atoms with van der Waals surface area (Å²) in [5, 5.41) is 7.49. The van der Waals surface area contributed by atoms with Gasteiger partial charge in [-0.3, -0.25) is 0 Å². The molecule has 86 valence electrons. The van der Waals surface area contributed by atoms with Crippen molar-refractivity contribution >= 4 is 17.8 Å². The molecule has 0 aromatic carbocycles. The van der Waals surface area contributed by atoms with Gasteiger partial charge in [0.2, 0.25) is 0 Å². The minimum Gasteiger partial charge on any atom is -0.350 e. The number of carbonyl (C=O) groups excluding carboxylic acids is 2. The summed E-state index contributed by atoms with van der Waals surface area (Å²) in [4.78, 5) is 21.4. The monoisotopic (exact) mass is 224 g/mol. The van der Waals surface area contributed by atoms with Gasteiger partial charge in [0.25, 0.3) is 0 Å². The molecule has 1 aromatic heterocycles. The van der Waals surface area contributed by atoms with E-state index < -0.39 is 12.1 Å². The van der Waals surface area contributed by atoms with Gasteiger partial charge in [0.05, 0.1) is 17.6 Å². The molecule has 0 aliphatic rings. The van der Waals surface area contributed by atoms with E-state index >= 15 is 0 Å². The lowest BCUT2D eigenvalue weighted by atomic mass is 10.2. The maximum atomic E-state index is 10.9. The van der Waals surface area contributed by atoms with Crippen molar-refractivity contribution in [2.75, 3.05) is 0 Å². The summed E-state index contributed by atoms with van der Waals surface area (Å²) in [5.74, 6) is 0. The molecule has 0 radical (unpaired) electrons. The van der Waals surface area contributed by atoms with Gasteiger partial charge in [-0.1, -0.05) is 0 Å². The summed E-state index contributed by atoms with van der Waals surface area (Å²) in [7, 11) is 0. The first-order valence-electron chi connectivity index (χ1n) is 4.38. The first kappa shape index (κ1) is 11.7. The van der Waals surface area contributed by atoms with E-state index in [4.69, 9.17) is 11.5 Å². The molecule has 0 aliphatic carbocycles. The third-order valence-electron chi connectivity index (χ3n) is 1.94. The van der Waals surface area contributed by atoms with Gasteiger partial charge in [0.1, 0.15) is 0 Å². The molecule has 0 fully saturated rings. The minimum absolute atomic E-state index is 0.476. The summed E-state index contributed by atoms with van der Waals surface area (Å²) in [6.07, 6.45) is 1.43. The zero-order chi connectivity index (χ0) is 12.3. The second-order valence-corrected chi connectivity index (χ2v) is 3.07. The van der Waals surface area contributed by atoms with Crippen LogP contribution in [0.15, 0.2) is 11.3 Å². The van der Waals surface area contributed by atoms with E-state index in [1.54, 1.807) is 13.8 Å². The van der Waals surface area contributed by atoms with E-state index in [0.29, 0.717) is 17.0 Å². The number of hydrazone groups is 1. The lowest BCUT2D eigenvalue weighted by Gasteiger charge is -2.00. The molecule has 0 aliphatic heterocycles. The zero-order valence-corrected chi connectivity index (χ0v) is 8.89. The molecule has 0 bridgehead atoms. The molecule has 1 heterocycles. The standard InChI is InChI=1S/C8H12N6O2/c1-4(12-13-7(9)15)6-3-11-14(5(6)2)8(10)16/h3H,1-2H3,(H2,10,16)(H3,9,13,15)/b12-4+. The molecule has 1 aromatic rings. The molecule has 0 spiro atoms. The third kappa shape index (κ3) is 2.35. The molecular weight excluding hydrogens is 212 g/mol. The van der Waals surface area contributed by atoms with Gasteiger partial charge in [0.15, 0.2) is 0 Å². The third-order valence-corrected chi connectivity index (χ3v) is 1.94.